The molecule has 25 heavy (non-hydrogen) atoms. The van der Waals surface area contributed by atoms with Crippen molar-refractivity contribution in [3.05, 3.63) is 53.1 Å². The Morgan fingerprint density at radius 3 is 2.48 bits per heavy atom. The number of aromatic nitrogens is 5. The van der Waals surface area contributed by atoms with Crippen LogP contribution >= 0.6 is 11.8 Å². The molecule has 1 saturated carbocycles. The van der Waals surface area contributed by atoms with Crippen LogP contribution in [-0.4, -0.2) is 24.5 Å². The lowest BCUT2D eigenvalue weighted by Gasteiger charge is -2.08. The number of rotatable bonds is 6. The lowest BCUT2D eigenvalue weighted by Crippen LogP contribution is -2.02. The molecule has 2 aromatic heterocycles. The second kappa shape index (κ2) is 6.67. The van der Waals surface area contributed by atoms with Gasteiger partial charge in [-0.3, -0.25) is 0 Å². The Labute approximate surface area is 152 Å². The molecule has 2 heterocycles. The Balaban J connectivity index is 1.46. The third-order valence-corrected chi connectivity index (χ3v) is 5.60. The Kier molecular flexibility index (Phi) is 4.37. The smallest absolute Gasteiger partial charge is 0.191 e. The van der Waals surface area contributed by atoms with Gasteiger partial charge >= 0.3 is 0 Å². The Bertz CT molecular complexity index is 874. The van der Waals surface area contributed by atoms with E-state index in [9.17, 15) is 0 Å². The van der Waals surface area contributed by atoms with Crippen LogP contribution < -0.4 is 0 Å². The molecule has 0 aliphatic heterocycles. The third-order valence-electron chi connectivity index (χ3n) is 4.56. The molecule has 130 valence electrons. The average molecular weight is 353 g/mol. The lowest BCUT2D eigenvalue weighted by atomic mass is 10.2. The molecule has 0 N–H and O–H groups in total. The second-order valence-electron chi connectivity index (χ2n) is 6.65. The molecule has 0 unspecified atom stereocenters. The number of hydrogen-bond donors (Lipinski definition) is 0. The third kappa shape index (κ3) is 3.35. The highest BCUT2D eigenvalue weighted by atomic mass is 32.2. The van der Waals surface area contributed by atoms with Crippen molar-refractivity contribution in [3.8, 4) is 5.69 Å². The fraction of sp³-hybridized carbons (Fsp3) is 0.421. The number of hydrogen-bond acceptors (Lipinski definition) is 4. The van der Waals surface area contributed by atoms with Crippen molar-refractivity contribution in [2.45, 2.75) is 57.0 Å². The maximum Gasteiger partial charge on any atom is 0.191 e. The SMILES string of the molecule is CCn1c(SCc2ccc(-n3nc(C)cc3C)cc2)nnc1C1CC1. The van der Waals surface area contributed by atoms with Gasteiger partial charge in [-0.05, 0) is 57.4 Å². The van der Waals surface area contributed by atoms with Crippen molar-refractivity contribution >= 4 is 11.8 Å². The molecule has 3 aromatic rings. The van der Waals surface area contributed by atoms with Crippen LogP contribution in [0.3, 0.4) is 0 Å². The van der Waals surface area contributed by atoms with Gasteiger partial charge in [0.05, 0.1) is 11.4 Å². The van der Waals surface area contributed by atoms with Crippen molar-refractivity contribution in [1.29, 1.82) is 0 Å². The summed E-state index contributed by atoms with van der Waals surface area (Å²) < 4.78 is 4.26. The number of benzene rings is 1. The molecule has 0 saturated heterocycles. The predicted molar refractivity (Wildman–Crippen MR) is 100 cm³/mol. The summed E-state index contributed by atoms with van der Waals surface area (Å²) in [6, 6.07) is 10.7. The summed E-state index contributed by atoms with van der Waals surface area (Å²) >= 11 is 1.77. The predicted octanol–water partition coefficient (Wildman–Crippen LogP) is 4.27. The minimum atomic E-state index is 0.641. The molecule has 1 fully saturated rings. The van der Waals surface area contributed by atoms with Crippen molar-refractivity contribution in [2.24, 2.45) is 0 Å². The summed E-state index contributed by atoms with van der Waals surface area (Å²) in [6.45, 7) is 7.22. The fourth-order valence-electron chi connectivity index (χ4n) is 3.12. The molecule has 1 aliphatic carbocycles. The van der Waals surface area contributed by atoms with E-state index in [0.29, 0.717) is 5.92 Å². The lowest BCUT2D eigenvalue weighted by molar-refractivity contribution is 0.643. The molecule has 1 aliphatic rings. The average Bonchev–Trinajstić information content (AvgIpc) is 3.29. The first kappa shape index (κ1) is 16.4. The maximum atomic E-state index is 4.54. The van der Waals surface area contributed by atoms with Crippen molar-refractivity contribution < 1.29 is 0 Å². The van der Waals surface area contributed by atoms with Crippen molar-refractivity contribution in [2.75, 3.05) is 0 Å². The zero-order chi connectivity index (χ0) is 17.4. The zero-order valence-corrected chi connectivity index (χ0v) is 15.8. The van der Waals surface area contributed by atoms with Crippen molar-refractivity contribution in [3.63, 3.8) is 0 Å². The van der Waals surface area contributed by atoms with E-state index in [2.05, 4.69) is 64.0 Å². The summed E-state index contributed by atoms with van der Waals surface area (Å²) in [7, 11) is 0. The van der Waals surface area contributed by atoms with Crippen LogP contribution in [-0.2, 0) is 12.3 Å². The number of nitrogens with zero attached hydrogens (tertiary/aromatic N) is 5. The number of aryl methyl sites for hydroxylation is 2. The van der Waals surface area contributed by atoms with Gasteiger partial charge in [-0.1, -0.05) is 23.9 Å². The van der Waals surface area contributed by atoms with E-state index in [0.717, 1.165) is 34.5 Å². The normalized spacial score (nSPS) is 14.2. The minimum Gasteiger partial charge on any atom is -0.306 e. The monoisotopic (exact) mass is 353 g/mol. The van der Waals surface area contributed by atoms with Crippen LogP contribution in [0.25, 0.3) is 5.69 Å². The van der Waals surface area contributed by atoms with Crippen LogP contribution in [0.5, 0.6) is 0 Å². The maximum absolute atomic E-state index is 4.54. The van der Waals surface area contributed by atoms with Crippen LogP contribution in [0.2, 0.25) is 0 Å². The first-order valence-corrected chi connectivity index (χ1v) is 9.82. The molecular weight excluding hydrogens is 330 g/mol. The van der Waals surface area contributed by atoms with E-state index in [1.54, 1.807) is 11.8 Å². The molecule has 0 radical (unpaired) electrons. The molecule has 1 aromatic carbocycles. The van der Waals surface area contributed by atoms with Gasteiger partial charge in [-0.2, -0.15) is 5.10 Å². The quantitative estimate of drug-likeness (QED) is 0.621. The summed E-state index contributed by atoms with van der Waals surface area (Å²) in [5, 5.41) is 14.4. The Morgan fingerprint density at radius 2 is 1.88 bits per heavy atom. The highest BCUT2D eigenvalue weighted by molar-refractivity contribution is 7.98. The van der Waals surface area contributed by atoms with Crippen LogP contribution in [0.15, 0.2) is 35.5 Å². The molecular formula is C19H23N5S. The Morgan fingerprint density at radius 1 is 1.12 bits per heavy atom. The highest BCUT2D eigenvalue weighted by Gasteiger charge is 2.29. The van der Waals surface area contributed by atoms with E-state index < -0.39 is 0 Å². The highest BCUT2D eigenvalue weighted by Crippen LogP contribution is 2.40. The first-order valence-electron chi connectivity index (χ1n) is 8.84. The summed E-state index contributed by atoms with van der Waals surface area (Å²) in [4.78, 5) is 0. The van der Waals surface area contributed by atoms with Gasteiger partial charge < -0.3 is 4.57 Å². The Hall–Kier alpha value is -2.08. The largest absolute Gasteiger partial charge is 0.306 e. The van der Waals surface area contributed by atoms with Gasteiger partial charge in [-0.15, -0.1) is 10.2 Å². The molecule has 5 nitrogen and oxygen atoms in total. The topological polar surface area (TPSA) is 48.5 Å². The van der Waals surface area contributed by atoms with Gasteiger partial charge in [0.2, 0.25) is 0 Å². The van der Waals surface area contributed by atoms with Gasteiger partial charge in [0, 0.05) is 23.9 Å². The molecule has 6 heteroatoms. The van der Waals surface area contributed by atoms with Crippen LogP contribution in [0.1, 0.15) is 48.5 Å². The van der Waals surface area contributed by atoms with Crippen molar-refractivity contribution in [1.82, 2.24) is 24.5 Å². The zero-order valence-electron chi connectivity index (χ0n) is 14.9. The molecule has 0 atom stereocenters. The molecule has 0 amide bonds. The van der Waals surface area contributed by atoms with E-state index >= 15 is 0 Å². The summed E-state index contributed by atoms with van der Waals surface area (Å²) in [5.74, 6) is 2.71. The van der Waals surface area contributed by atoms with E-state index in [1.807, 2.05) is 11.6 Å². The minimum absolute atomic E-state index is 0.641. The van der Waals surface area contributed by atoms with E-state index in [1.165, 1.54) is 24.2 Å². The van der Waals surface area contributed by atoms with E-state index in [4.69, 9.17) is 0 Å². The summed E-state index contributed by atoms with van der Waals surface area (Å²) in [6.07, 6.45) is 2.52. The molecule has 4 rings (SSSR count). The second-order valence-corrected chi connectivity index (χ2v) is 7.60. The van der Waals surface area contributed by atoms with Crippen LogP contribution in [0.4, 0.5) is 0 Å². The van der Waals surface area contributed by atoms with Gasteiger partial charge in [0.1, 0.15) is 5.82 Å². The first-order chi connectivity index (χ1) is 12.2. The summed E-state index contributed by atoms with van der Waals surface area (Å²) in [5.41, 5.74) is 4.59. The molecule has 0 spiro atoms. The fourth-order valence-corrected chi connectivity index (χ4v) is 4.08. The van der Waals surface area contributed by atoms with Gasteiger partial charge in [0.25, 0.3) is 0 Å². The molecule has 0 bridgehead atoms. The standard InChI is InChI=1S/C19H23N5S/c1-4-23-18(16-7-8-16)20-21-19(23)25-12-15-5-9-17(10-6-15)24-14(3)11-13(2)22-24/h5-6,9-11,16H,4,7-8,12H2,1-3H3. The van der Waals surface area contributed by atoms with Gasteiger partial charge in [0.15, 0.2) is 5.16 Å². The number of thioether (sulfide) groups is 1. The van der Waals surface area contributed by atoms with E-state index in [-0.39, 0.29) is 0 Å². The van der Waals surface area contributed by atoms with Gasteiger partial charge in [-0.25, -0.2) is 4.68 Å². The van der Waals surface area contributed by atoms with Crippen LogP contribution in [0, 0.1) is 13.8 Å².